The molecule has 1 aromatic carbocycles. The van der Waals surface area contributed by atoms with Crippen molar-refractivity contribution >= 4 is 11.0 Å². The van der Waals surface area contributed by atoms with Crippen molar-refractivity contribution in [1.82, 2.24) is 5.32 Å². The average molecular weight is 288 g/mol. The summed E-state index contributed by atoms with van der Waals surface area (Å²) in [4.78, 5) is 0. The van der Waals surface area contributed by atoms with E-state index in [4.69, 9.17) is 14.4 Å². The third-order valence-corrected chi connectivity index (χ3v) is 3.00. The highest BCUT2D eigenvalue weighted by molar-refractivity contribution is 5.86. The van der Waals surface area contributed by atoms with Crippen LogP contribution >= 0.6 is 0 Å². The Bertz CT molecular complexity index is 628. The Morgan fingerprint density at radius 1 is 1.33 bits per heavy atom. The van der Waals surface area contributed by atoms with Gasteiger partial charge in [0.25, 0.3) is 0 Å². The van der Waals surface area contributed by atoms with E-state index in [0.29, 0.717) is 23.8 Å². The summed E-state index contributed by atoms with van der Waals surface area (Å²) in [6, 6.07) is 9.28. The first-order valence-electron chi connectivity index (χ1n) is 7.05. The fourth-order valence-corrected chi connectivity index (χ4v) is 2.02. The second-order valence-corrected chi connectivity index (χ2v) is 5.39. The lowest BCUT2D eigenvalue weighted by molar-refractivity contribution is 0.106. The highest BCUT2D eigenvalue weighted by Crippen LogP contribution is 2.32. The van der Waals surface area contributed by atoms with Gasteiger partial charge in [0.15, 0.2) is 5.75 Å². The van der Waals surface area contributed by atoms with Crippen molar-refractivity contribution in [2.24, 2.45) is 5.92 Å². The monoisotopic (exact) mass is 288 g/mol. The molecule has 0 bridgehead atoms. The van der Waals surface area contributed by atoms with Crippen LogP contribution in [0, 0.1) is 17.2 Å². The fraction of sp³-hybridized carbons (Fsp3) is 0.438. The second-order valence-electron chi connectivity index (χ2n) is 5.39. The van der Waals surface area contributed by atoms with Crippen molar-refractivity contribution in [3.05, 3.63) is 30.0 Å². The number of nitrogens with zero attached hydrogens (tertiary/aromatic N) is 1. The van der Waals surface area contributed by atoms with Crippen LogP contribution in [-0.2, 0) is 0 Å². The zero-order valence-electron chi connectivity index (χ0n) is 12.3. The van der Waals surface area contributed by atoms with E-state index in [0.717, 1.165) is 11.9 Å². The Kier molecular flexibility index (Phi) is 5.20. The topological polar surface area (TPSA) is 78.4 Å². The van der Waals surface area contributed by atoms with Crippen LogP contribution in [0.25, 0.3) is 11.0 Å². The van der Waals surface area contributed by atoms with Gasteiger partial charge in [-0.25, -0.2) is 0 Å². The van der Waals surface area contributed by atoms with E-state index in [1.165, 1.54) is 0 Å². The summed E-state index contributed by atoms with van der Waals surface area (Å²) in [6.45, 7) is 5.62. The SMILES string of the molecule is CC(C)CNCC(O)COc1c(C#N)oc2ccccc12. The minimum absolute atomic E-state index is 0.114. The molecule has 0 fully saturated rings. The van der Waals surface area contributed by atoms with Gasteiger partial charge in [0.2, 0.25) is 5.76 Å². The molecule has 0 aliphatic rings. The van der Waals surface area contributed by atoms with Gasteiger partial charge in [-0.2, -0.15) is 5.26 Å². The highest BCUT2D eigenvalue weighted by Gasteiger charge is 2.16. The third-order valence-electron chi connectivity index (χ3n) is 3.00. The quantitative estimate of drug-likeness (QED) is 0.817. The first kappa shape index (κ1) is 15.4. The number of para-hydroxylation sites is 1. The minimum Gasteiger partial charge on any atom is -0.485 e. The molecule has 0 aliphatic heterocycles. The molecule has 0 radical (unpaired) electrons. The Labute approximate surface area is 124 Å². The third kappa shape index (κ3) is 3.97. The summed E-state index contributed by atoms with van der Waals surface area (Å²) < 4.78 is 11.0. The molecular weight excluding hydrogens is 268 g/mol. The number of nitriles is 1. The van der Waals surface area contributed by atoms with E-state index in [9.17, 15) is 5.11 Å². The van der Waals surface area contributed by atoms with E-state index in [-0.39, 0.29) is 12.4 Å². The van der Waals surface area contributed by atoms with Crippen molar-refractivity contribution in [2.45, 2.75) is 20.0 Å². The summed E-state index contributed by atoms with van der Waals surface area (Å²) in [6.07, 6.45) is -0.635. The lowest BCUT2D eigenvalue weighted by Crippen LogP contribution is -2.33. The number of furan rings is 1. The molecule has 1 heterocycles. The lowest BCUT2D eigenvalue weighted by atomic mass is 10.2. The van der Waals surface area contributed by atoms with Crippen LogP contribution < -0.4 is 10.1 Å². The van der Waals surface area contributed by atoms with Crippen LogP contribution in [0.2, 0.25) is 0 Å². The van der Waals surface area contributed by atoms with Crippen molar-refractivity contribution in [2.75, 3.05) is 19.7 Å². The van der Waals surface area contributed by atoms with Gasteiger partial charge in [0, 0.05) is 6.54 Å². The average Bonchev–Trinajstić information content (AvgIpc) is 2.82. The van der Waals surface area contributed by atoms with E-state index < -0.39 is 6.10 Å². The molecule has 0 amide bonds. The van der Waals surface area contributed by atoms with Gasteiger partial charge in [0.1, 0.15) is 24.4 Å². The molecule has 0 saturated carbocycles. The van der Waals surface area contributed by atoms with Crippen LogP contribution in [-0.4, -0.2) is 30.9 Å². The minimum atomic E-state index is -0.635. The number of ether oxygens (including phenoxy) is 1. The summed E-state index contributed by atoms with van der Waals surface area (Å²) in [7, 11) is 0. The molecule has 0 spiro atoms. The van der Waals surface area contributed by atoms with Gasteiger partial charge < -0.3 is 19.6 Å². The van der Waals surface area contributed by atoms with Gasteiger partial charge in [-0.3, -0.25) is 0 Å². The van der Waals surface area contributed by atoms with E-state index in [1.807, 2.05) is 24.3 Å². The maximum atomic E-state index is 9.90. The van der Waals surface area contributed by atoms with Crippen LogP contribution in [0.1, 0.15) is 19.6 Å². The number of nitrogens with one attached hydrogen (secondary N) is 1. The molecule has 1 atom stereocenters. The van der Waals surface area contributed by atoms with Gasteiger partial charge >= 0.3 is 0 Å². The predicted molar refractivity (Wildman–Crippen MR) is 80.1 cm³/mol. The molecule has 0 aliphatic carbocycles. The van der Waals surface area contributed by atoms with Gasteiger partial charge in [-0.05, 0) is 24.6 Å². The Morgan fingerprint density at radius 3 is 2.81 bits per heavy atom. The van der Waals surface area contributed by atoms with Crippen LogP contribution in [0.15, 0.2) is 28.7 Å². The molecule has 21 heavy (non-hydrogen) atoms. The van der Waals surface area contributed by atoms with Crippen LogP contribution in [0.5, 0.6) is 5.75 Å². The van der Waals surface area contributed by atoms with Crippen molar-refractivity contribution in [3.8, 4) is 11.8 Å². The van der Waals surface area contributed by atoms with Gasteiger partial charge in [-0.1, -0.05) is 26.0 Å². The Morgan fingerprint density at radius 2 is 2.10 bits per heavy atom. The maximum Gasteiger partial charge on any atom is 0.246 e. The summed E-state index contributed by atoms with van der Waals surface area (Å²) >= 11 is 0. The molecule has 1 aromatic heterocycles. The molecule has 5 nitrogen and oxygen atoms in total. The van der Waals surface area contributed by atoms with E-state index in [1.54, 1.807) is 6.07 Å². The fourth-order valence-electron chi connectivity index (χ4n) is 2.02. The molecule has 2 N–H and O–H groups in total. The molecule has 2 aromatic rings. The zero-order chi connectivity index (χ0) is 15.2. The smallest absolute Gasteiger partial charge is 0.246 e. The number of benzene rings is 1. The van der Waals surface area contributed by atoms with Gasteiger partial charge in [0.05, 0.1) is 5.39 Å². The number of aliphatic hydroxyl groups is 1. The largest absolute Gasteiger partial charge is 0.485 e. The van der Waals surface area contributed by atoms with Crippen LogP contribution in [0.3, 0.4) is 0 Å². The Balaban J connectivity index is 1.98. The molecule has 2 rings (SSSR count). The Hall–Kier alpha value is -2.03. The second kappa shape index (κ2) is 7.11. The first-order valence-corrected chi connectivity index (χ1v) is 7.05. The number of aliphatic hydroxyl groups excluding tert-OH is 1. The number of hydrogen-bond acceptors (Lipinski definition) is 5. The standard InChI is InChI=1S/C16H20N2O3/c1-11(2)8-18-9-12(19)10-20-16-13-5-3-4-6-14(13)21-15(16)7-17/h3-6,11-12,18-19H,8-10H2,1-2H3. The highest BCUT2D eigenvalue weighted by atomic mass is 16.5. The molecule has 1 unspecified atom stereocenters. The molecule has 5 heteroatoms. The summed E-state index contributed by atoms with van der Waals surface area (Å²) in [5, 5.41) is 22.9. The van der Waals surface area contributed by atoms with E-state index >= 15 is 0 Å². The molecule has 112 valence electrons. The number of fused-ring (bicyclic) bond motifs is 1. The number of hydrogen-bond donors (Lipinski definition) is 2. The van der Waals surface area contributed by atoms with Crippen molar-refractivity contribution in [3.63, 3.8) is 0 Å². The van der Waals surface area contributed by atoms with Crippen molar-refractivity contribution < 1.29 is 14.3 Å². The van der Waals surface area contributed by atoms with Crippen molar-refractivity contribution in [1.29, 1.82) is 5.26 Å². The predicted octanol–water partition coefficient (Wildman–Crippen LogP) is 2.29. The molecule has 0 saturated heterocycles. The number of rotatable bonds is 7. The molecular formula is C16H20N2O3. The lowest BCUT2D eigenvalue weighted by Gasteiger charge is -2.13. The summed E-state index contributed by atoms with van der Waals surface area (Å²) in [5.41, 5.74) is 0.608. The van der Waals surface area contributed by atoms with E-state index in [2.05, 4.69) is 19.2 Å². The van der Waals surface area contributed by atoms with Gasteiger partial charge in [-0.15, -0.1) is 0 Å². The normalized spacial score (nSPS) is 12.5. The van der Waals surface area contributed by atoms with Crippen LogP contribution in [0.4, 0.5) is 0 Å². The first-order chi connectivity index (χ1) is 10.1. The maximum absolute atomic E-state index is 9.90. The zero-order valence-corrected chi connectivity index (χ0v) is 12.3. The summed E-state index contributed by atoms with van der Waals surface area (Å²) in [5.74, 6) is 1.07.